The maximum atomic E-state index is 9.55. The molecule has 3 nitrogen and oxygen atoms in total. The van der Waals surface area contributed by atoms with Gasteiger partial charge in [0.1, 0.15) is 5.75 Å². The topological polar surface area (TPSA) is 41.5 Å². The molecule has 16 heavy (non-hydrogen) atoms. The van der Waals surface area contributed by atoms with Crippen molar-refractivity contribution < 1.29 is 9.84 Å². The molecule has 1 aromatic carbocycles. The summed E-state index contributed by atoms with van der Waals surface area (Å²) in [6, 6.07) is 5.41. The van der Waals surface area contributed by atoms with E-state index in [1.807, 2.05) is 19.1 Å². The van der Waals surface area contributed by atoms with Crippen LogP contribution in [0.4, 0.5) is 0 Å². The Balaban J connectivity index is 0.00000225. The van der Waals surface area contributed by atoms with E-state index in [4.69, 9.17) is 4.74 Å². The molecule has 0 spiro atoms. The van der Waals surface area contributed by atoms with Crippen molar-refractivity contribution in [3.05, 3.63) is 28.2 Å². The number of halogens is 2. The van der Waals surface area contributed by atoms with Gasteiger partial charge in [-0.3, -0.25) is 0 Å². The number of phenols is 1. The average molecular weight is 311 g/mol. The molecule has 0 aliphatic heterocycles. The van der Waals surface area contributed by atoms with Gasteiger partial charge in [-0.2, -0.15) is 0 Å². The molecule has 0 fully saturated rings. The molecule has 0 aliphatic carbocycles. The monoisotopic (exact) mass is 309 g/mol. The molecule has 0 radical (unpaired) electrons. The molecule has 1 aromatic rings. The summed E-state index contributed by atoms with van der Waals surface area (Å²) < 4.78 is 6.17. The van der Waals surface area contributed by atoms with Crippen molar-refractivity contribution in [3.8, 4) is 5.75 Å². The van der Waals surface area contributed by atoms with Crippen LogP contribution in [0.3, 0.4) is 0 Å². The first-order valence-electron chi connectivity index (χ1n) is 5.00. The third-order valence-electron chi connectivity index (χ3n) is 1.98. The van der Waals surface area contributed by atoms with Crippen molar-refractivity contribution in [1.82, 2.24) is 5.32 Å². The van der Waals surface area contributed by atoms with Gasteiger partial charge in [0.05, 0.1) is 6.61 Å². The van der Waals surface area contributed by atoms with E-state index in [0.717, 1.165) is 23.2 Å². The van der Waals surface area contributed by atoms with Gasteiger partial charge in [-0.05, 0) is 25.1 Å². The minimum absolute atomic E-state index is 0. The number of aromatic hydroxyl groups is 1. The Morgan fingerprint density at radius 3 is 2.88 bits per heavy atom. The predicted molar refractivity (Wildman–Crippen MR) is 71.3 cm³/mol. The van der Waals surface area contributed by atoms with E-state index in [1.165, 1.54) is 0 Å². The highest BCUT2D eigenvalue weighted by Crippen LogP contribution is 2.21. The van der Waals surface area contributed by atoms with E-state index in [-0.39, 0.29) is 12.4 Å². The molecule has 0 heterocycles. The number of benzene rings is 1. The first kappa shape index (κ1) is 15.7. The van der Waals surface area contributed by atoms with Gasteiger partial charge in [-0.15, -0.1) is 12.4 Å². The summed E-state index contributed by atoms with van der Waals surface area (Å²) in [6.07, 6.45) is 0. The van der Waals surface area contributed by atoms with Gasteiger partial charge in [-0.25, -0.2) is 0 Å². The first-order valence-corrected chi connectivity index (χ1v) is 5.79. The number of hydrogen-bond acceptors (Lipinski definition) is 3. The van der Waals surface area contributed by atoms with Gasteiger partial charge in [-0.1, -0.05) is 15.9 Å². The lowest BCUT2D eigenvalue weighted by molar-refractivity contribution is 0.149. The molecule has 92 valence electrons. The summed E-state index contributed by atoms with van der Waals surface area (Å²) in [5, 5.41) is 12.7. The molecule has 0 aliphatic rings. The van der Waals surface area contributed by atoms with E-state index in [1.54, 1.807) is 6.07 Å². The summed E-state index contributed by atoms with van der Waals surface area (Å²) in [6.45, 7) is 4.85. The lowest BCUT2D eigenvalue weighted by Crippen LogP contribution is -2.19. The zero-order valence-corrected chi connectivity index (χ0v) is 11.6. The van der Waals surface area contributed by atoms with Crippen molar-refractivity contribution in [1.29, 1.82) is 0 Å². The number of nitrogens with one attached hydrogen (secondary N) is 1. The molecule has 0 aromatic heterocycles. The average Bonchev–Trinajstić information content (AvgIpc) is 2.23. The number of ether oxygens (including phenoxy) is 1. The Hall–Kier alpha value is -0.290. The Bertz CT molecular complexity index is 310. The third-order valence-corrected chi connectivity index (χ3v) is 2.48. The predicted octanol–water partition coefficient (Wildman–Crippen LogP) is 2.70. The van der Waals surface area contributed by atoms with Crippen molar-refractivity contribution in [2.75, 3.05) is 19.8 Å². The van der Waals surface area contributed by atoms with Gasteiger partial charge in [0.25, 0.3) is 0 Å². The van der Waals surface area contributed by atoms with Crippen LogP contribution in [-0.4, -0.2) is 24.9 Å². The van der Waals surface area contributed by atoms with Crippen LogP contribution >= 0.6 is 28.3 Å². The lowest BCUT2D eigenvalue weighted by atomic mass is 10.2. The maximum Gasteiger partial charge on any atom is 0.120 e. The highest BCUT2D eigenvalue weighted by atomic mass is 79.9. The van der Waals surface area contributed by atoms with Crippen LogP contribution < -0.4 is 5.32 Å². The molecule has 5 heteroatoms. The molecule has 1 rings (SSSR count). The van der Waals surface area contributed by atoms with Crippen LogP contribution in [0.15, 0.2) is 22.7 Å². The summed E-state index contributed by atoms with van der Waals surface area (Å²) >= 11 is 3.37. The van der Waals surface area contributed by atoms with Crippen LogP contribution in [-0.2, 0) is 11.3 Å². The minimum Gasteiger partial charge on any atom is -0.508 e. The van der Waals surface area contributed by atoms with E-state index < -0.39 is 0 Å². The van der Waals surface area contributed by atoms with Crippen LogP contribution in [0.25, 0.3) is 0 Å². The molecular weight excluding hydrogens is 293 g/mol. The molecule has 0 unspecified atom stereocenters. The van der Waals surface area contributed by atoms with E-state index in [2.05, 4.69) is 21.2 Å². The van der Waals surface area contributed by atoms with Crippen molar-refractivity contribution in [3.63, 3.8) is 0 Å². The number of rotatable bonds is 6. The van der Waals surface area contributed by atoms with Crippen LogP contribution in [0.1, 0.15) is 12.5 Å². The highest BCUT2D eigenvalue weighted by Gasteiger charge is 2.00. The molecule has 0 bridgehead atoms. The second kappa shape index (κ2) is 8.82. The quantitative estimate of drug-likeness (QED) is 0.794. The van der Waals surface area contributed by atoms with Crippen LogP contribution in [0, 0.1) is 0 Å². The standard InChI is InChI=1S/C11H16BrNO2.ClH/c1-2-15-6-5-13-8-9-7-10(12)3-4-11(9)14;/h3-4,7,13-14H,2,5-6,8H2,1H3;1H. The molecule has 0 saturated carbocycles. The van der Waals surface area contributed by atoms with E-state index >= 15 is 0 Å². The minimum atomic E-state index is 0. The Labute approximate surface area is 111 Å². The Kier molecular flexibility index (Phi) is 8.66. The van der Waals surface area contributed by atoms with E-state index in [9.17, 15) is 5.11 Å². The molecule has 0 amide bonds. The summed E-state index contributed by atoms with van der Waals surface area (Å²) in [5.74, 6) is 0.321. The van der Waals surface area contributed by atoms with Crippen LogP contribution in [0.5, 0.6) is 5.75 Å². The van der Waals surface area contributed by atoms with E-state index in [0.29, 0.717) is 18.9 Å². The fourth-order valence-electron chi connectivity index (χ4n) is 1.21. The van der Waals surface area contributed by atoms with Crippen molar-refractivity contribution in [2.24, 2.45) is 0 Å². The third kappa shape index (κ3) is 5.70. The SMILES string of the molecule is CCOCCNCc1cc(Br)ccc1O.Cl. The zero-order chi connectivity index (χ0) is 11.1. The fraction of sp³-hybridized carbons (Fsp3) is 0.455. The molecular formula is C11H17BrClNO2. The summed E-state index contributed by atoms with van der Waals surface area (Å²) in [4.78, 5) is 0. The van der Waals surface area contributed by atoms with Gasteiger partial charge in [0, 0.05) is 29.7 Å². The smallest absolute Gasteiger partial charge is 0.120 e. The summed E-state index contributed by atoms with van der Waals surface area (Å²) in [5.41, 5.74) is 0.890. The van der Waals surface area contributed by atoms with Crippen molar-refractivity contribution in [2.45, 2.75) is 13.5 Å². The second-order valence-corrected chi connectivity index (χ2v) is 4.06. The van der Waals surface area contributed by atoms with Gasteiger partial charge < -0.3 is 15.2 Å². The first-order chi connectivity index (χ1) is 7.24. The van der Waals surface area contributed by atoms with Crippen molar-refractivity contribution >= 4 is 28.3 Å². The van der Waals surface area contributed by atoms with Gasteiger partial charge >= 0.3 is 0 Å². The van der Waals surface area contributed by atoms with Gasteiger partial charge in [0.15, 0.2) is 0 Å². The normalized spacial score (nSPS) is 9.88. The highest BCUT2D eigenvalue weighted by molar-refractivity contribution is 9.10. The zero-order valence-electron chi connectivity index (χ0n) is 9.20. The Morgan fingerprint density at radius 1 is 1.44 bits per heavy atom. The molecule has 0 atom stereocenters. The lowest BCUT2D eigenvalue weighted by Gasteiger charge is -2.07. The molecule has 2 N–H and O–H groups in total. The maximum absolute atomic E-state index is 9.55. The van der Waals surface area contributed by atoms with Crippen LogP contribution in [0.2, 0.25) is 0 Å². The fourth-order valence-corrected chi connectivity index (χ4v) is 1.62. The van der Waals surface area contributed by atoms with Gasteiger partial charge in [0.2, 0.25) is 0 Å². The second-order valence-electron chi connectivity index (χ2n) is 3.15. The number of phenolic OH excluding ortho intramolecular Hbond substituents is 1. The largest absolute Gasteiger partial charge is 0.508 e. The number of hydrogen-bond donors (Lipinski definition) is 2. The summed E-state index contributed by atoms with van der Waals surface area (Å²) in [7, 11) is 0. The molecule has 0 saturated heterocycles. The Morgan fingerprint density at radius 2 is 2.19 bits per heavy atom.